The first-order chi connectivity index (χ1) is 15.2. The zero-order valence-corrected chi connectivity index (χ0v) is 18.2. The molecule has 5 N–H and O–H groups in total. The van der Waals surface area contributed by atoms with Gasteiger partial charge in [0.15, 0.2) is 18.6 Å². The molecule has 1 aliphatic heterocycles. The molecule has 2 aliphatic carbocycles. The molecular weight excluding hydrogens is 478 g/mol. The molecule has 1 saturated carbocycles. The van der Waals surface area contributed by atoms with Crippen molar-refractivity contribution in [1.29, 1.82) is 0 Å². The minimum atomic E-state index is -4.83. The summed E-state index contributed by atoms with van der Waals surface area (Å²) in [5.41, 5.74) is 0. The number of rotatable bonds is 12. The second-order valence-corrected chi connectivity index (χ2v) is 9.11. The van der Waals surface area contributed by atoms with E-state index in [1.165, 1.54) is 0 Å². The highest BCUT2D eigenvalue weighted by Gasteiger charge is 2.47. The number of nitrogens with one attached hydrogen (secondary N) is 1. The Bertz CT molecular complexity index is 765. The summed E-state index contributed by atoms with van der Waals surface area (Å²) in [7, 11) is -4.83. The third-order valence-corrected chi connectivity index (χ3v) is 6.38. The molecule has 0 aromatic heterocycles. The first-order valence-corrected chi connectivity index (χ1v) is 11.7. The van der Waals surface area contributed by atoms with Gasteiger partial charge in [-0.3, -0.25) is 13.5 Å². The molecule has 16 heteroatoms. The van der Waals surface area contributed by atoms with Gasteiger partial charge in [0.2, 0.25) is 5.91 Å². The van der Waals surface area contributed by atoms with Crippen LogP contribution in [-0.4, -0.2) is 84.8 Å². The van der Waals surface area contributed by atoms with Crippen molar-refractivity contribution in [2.45, 2.75) is 43.5 Å². The zero-order valence-electron chi connectivity index (χ0n) is 16.6. The summed E-state index contributed by atoms with van der Waals surface area (Å²) in [6.07, 6.45) is -1.54. The Morgan fingerprint density at radius 1 is 1.22 bits per heavy atom. The Labute approximate surface area is 188 Å². The van der Waals surface area contributed by atoms with E-state index in [9.17, 15) is 23.4 Å². The van der Waals surface area contributed by atoms with E-state index in [1.54, 1.807) is 0 Å². The highest BCUT2D eigenvalue weighted by molar-refractivity contribution is 7.89. The van der Waals surface area contributed by atoms with Gasteiger partial charge in [0.05, 0.1) is 13.2 Å². The Balaban J connectivity index is 1.50. The molecule has 0 aromatic carbocycles. The average Bonchev–Trinajstić information content (AvgIpc) is 3.37. The molecule has 2 bridgehead atoms. The van der Waals surface area contributed by atoms with E-state index in [-0.39, 0.29) is 43.2 Å². The Morgan fingerprint density at radius 3 is 2.62 bits per heavy atom. The zero-order chi connectivity index (χ0) is 23.3. The topological polar surface area (TPSA) is 200 Å². The van der Waals surface area contributed by atoms with Crippen molar-refractivity contribution in [1.82, 2.24) is 5.32 Å². The van der Waals surface area contributed by atoms with Crippen molar-refractivity contribution in [3.8, 4) is 0 Å². The summed E-state index contributed by atoms with van der Waals surface area (Å²) in [4.78, 5) is 12.3. The average molecular weight is 504 g/mol. The predicted octanol–water partition coefficient (Wildman–Crippen LogP) is -1.03. The van der Waals surface area contributed by atoms with Gasteiger partial charge in [-0.15, -0.1) is 4.33 Å². The normalized spacial score (nSPS) is 36.5. The quantitative estimate of drug-likeness (QED) is 0.0540. The summed E-state index contributed by atoms with van der Waals surface area (Å²) in [6, 6.07) is 0. The third-order valence-electron chi connectivity index (χ3n) is 5.53. The lowest BCUT2D eigenvalue weighted by Crippen LogP contribution is -2.60. The molecule has 184 valence electrons. The fourth-order valence-corrected chi connectivity index (χ4v) is 4.76. The monoisotopic (exact) mass is 503 g/mol. The van der Waals surface area contributed by atoms with Crippen LogP contribution in [0.15, 0.2) is 12.2 Å². The molecule has 8 atom stereocenters. The lowest BCUT2D eigenvalue weighted by atomic mass is 9.93. The fraction of sp³-hybridized carbons (Fsp3) is 0.812. The Hall–Kier alpha value is -0.890. The van der Waals surface area contributed by atoms with Crippen LogP contribution in [0.4, 0.5) is 0 Å². The number of hydrogen-bond acceptors (Lipinski definition) is 13. The fourth-order valence-electron chi connectivity index (χ4n) is 4.08. The second kappa shape index (κ2) is 11.5. The van der Waals surface area contributed by atoms with Crippen LogP contribution in [0, 0.1) is 17.8 Å². The van der Waals surface area contributed by atoms with Gasteiger partial charge in [-0.2, -0.15) is 8.42 Å². The summed E-state index contributed by atoms with van der Waals surface area (Å²) in [5.74, 6) is 0.516. The minimum Gasteiger partial charge on any atom is -0.387 e. The van der Waals surface area contributed by atoms with Crippen LogP contribution in [0.5, 0.6) is 0 Å². The lowest BCUT2D eigenvalue weighted by molar-refractivity contribution is -0.435. The van der Waals surface area contributed by atoms with Crippen molar-refractivity contribution < 1.29 is 60.4 Å². The Morgan fingerprint density at radius 2 is 2.00 bits per heavy atom. The van der Waals surface area contributed by atoms with Crippen LogP contribution in [-0.2, 0) is 42.4 Å². The molecule has 2 fully saturated rings. The van der Waals surface area contributed by atoms with Gasteiger partial charge in [0, 0.05) is 12.5 Å². The van der Waals surface area contributed by atoms with Gasteiger partial charge in [-0.1, -0.05) is 17.2 Å². The molecule has 1 saturated heterocycles. The standard InChI is InChI=1S/C16H25NO13S2/c18-12-11(7-26-32(22,23)24)27-16(13(19)14(12)28-31-30-29-21)25-4-3-17-15(20)10-6-8-1-2-9(10)5-8/h1-2,8-14,16,18-19,21H,3-7H2,(H,17,20)(H,22,23,24)/t8-,9+,10?,11?,12?,13?,14?,16?/m1/s1. The maximum Gasteiger partial charge on any atom is 0.397 e. The summed E-state index contributed by atoms with van der Waals surface area (Å²) >= 11 is 0.0728. The van der Waals surface area contributed by atoms with E-state index in [0.29, 0.717) is 5.92 Å². The smallest absolute Gasteiger partial charge is 0.387 e. The number of aliphatic hydroxyl groups is 2. The van der Waals surface area contributed by atoms with Crippen LogP contribution < -0.4 is 5.32 Å². The molecule has 1 amide bonds. The first kappa shape index (κ1) is 25.7. The van der Waals surface area contributed by atoms with Crippen molar-refractivity contribution in [2.75, 3.05) is 19.8 Å². The highest BCUT2D eigenvalue weighted by Crippen LogP contribution is 2.43. The minimum absolute atomic E-state index is 0.0728. The van der Waals surface area contributed by atoms with Crippen molar-refractivity contribution >= 4 is 28.6 Å². The number of carbonyl (C=O) groups is 1. The molecule has 0 radical (unpaired) electrons. The molecule has 3 aliphatic rings. The largest absolute Gasteiger partial charge is 0.397 e. The molecule has 0 spiro atoms. The van der Waals surface area contributed by atoms with Crippen LogP contribution in [0.1, 0.15) is 12.8 Å². The van der Waals surface area contributed by atoms with E-state index in [1.807, 2.05) is 0 Å². The highest BCUT2D eigenvalue weighted by atomic mass is 32.3. The van der Waals surface area contributed by atoms with Crippen molar-refractivity contribution in [3.63, 3.8) is 0 Å². The van der Waals surface area contributed by atoms with E-state index in [2.05, 4.69) is 31.0 Å². The van der Waals surface area contributed by atoms with Crippen molar-refractivity contribution in [2.24, 2.45) is 17.8 Å². The molecule has 14 nitrogen and oxygen atoms in total. The second-order valence-electron chi connectivity index (χ2n) is 7.56. The molecule has 0 aromatic rings. The third kappa shape index (κ3) is 6.81. The number of allylic oxidation sites excluding steroid dienone is 2. The number of ether oxygens (including phenoxy) is 2. The predicted molar refractivity (Wildman–Crippen MR) is 103 cm³/mol. The maximum atomic E-state index is 12.3. The number of aliphatic hydroxyl groups excluding tert-OH is 2. The van der Waals surface area contributed by atoms with E-state index in [4.69, 9.17) is 23.5 Å². The van der Waals surface area contributed by atoms with E-state index >= 15 is 0 Å². The lowest BCUT2D eigenvalue weighted by Gasteiger charge is -2.41. The van der Waals surface area contributed by atoms with Gasteiger partial charge in [0.1, 0.15) is 24.4 Å². The van der Waals surface area contributed by atoms with Crippen LogP contribution >= 0.6 is 12.3 Å². The maximum absolute atomic E-state index is 12.3. The van der Waals surface area contributed by atoms with Crippen molar-refractivity contribution in [3.05, 3.63) is 12.2 Å². The molecular formula is C16H25NO13S2. The number of fused-ring (bicyclic) bond motifs is 2. The first-order valence-electron chi connectivity index (χ1n) is 9.71. The van der Waals surface area contributed by atoms with Crippen LogP contribution in [0.25, 0.3) is 0 Å². The Kier molecular flexibility index (Phi) is 9.24. The number of amides is 1. The molecule has 1 heterocycles. The summed E-state index contributed by atoms with van der Waals surface area (Å²) < 4.78 is 54.4. The molecule has 3 rings (SSSR count). The number of carbonyl (C=O) groups excluding carboxylic acids is 1. The van der Waals surface area contributed by atoms with Crippen LogP contribution in [0.3, 0.4) is 0 Å². The van der Waals surface area contributed by atoms with E-state index in [0.717, 1.165) is 12.8 Å². The van der Waals surface area contributed by atoms with E-state index < -0.39 is 47.7 Å². The van der Waals surface area contributed by atoms with Gasteiger partial charge >= 0.3 is 10.4 Å². The van der Waals surface area contributed by atoms with Gasteiger partial charge < -0.3 is 25.0 Å². The SMILES string of the molecule is O=C(NCCOC1OC(COS(=O)(=O)O)C(O)C(OSOOO)C1O)C1C[C@@H]2C=C[C@H]1C2. The van der Waals surface area contributed by atoms with Gasteiger partial charge in [0.25, 0.3) is 0 Å². The molecule has 6 unspecified atom stereocenters. The number of hydrogen-bond donors (Lipinski definition) is 5. The van der Waals surface area contributed by atoms with Crippen LogP contribution in [0.2, 0.25) is 0 Å². The summed E-state index contributed by atoms with van der Waals surface area (Å²) in [6.45, 7) is -0.787. The molecule has 32 heavy (non-hydrogen) atoms. The van der Waals surface area contributed by atoms with Gasteiger partial charge in [-0.05, 0) is 24.7 Å². The van der Waals surface area contributed by atoms with Gasteiger partial charge in [-0.25, -0.2) is 9.44 Å². The summed E-state index contributed by atoms with van der Waals surface area (Å²) in [5, 5.41) is 34.9.